The smallest absolute Gasteiger partial charge is 0.0594 e. The molecule has 5 rings (SSSR count). The molecule has 5 aliphatic rings. The van der Waals surface area contributed by atoms with Gasteiger partial charge in [0, 0.05) is 0 Å². The second kappa shape index (κ2) is 6.64. The fourth-order valence-electron chi connectivity index (χ4n) is 11.5. The maximum Gasteiger partial charge on any atom is 0.0594 e. The second-order valence-electron chi connectivity index (χ2n) is 14.7. The monoisotopic (exact) mass is 426 g/mol. The van der Waals surface area contributed by atoms with Crippen molar-refractivity contribution in [3.05, 3.63) is 12.2 Å². The zero-order chi connectivity index (χ0) is 22.6. The van der Waals surface area contributed by atoms with E-state index in [1.54, 1.807) is 0 Å². The van der Waals surface area contributed by atoms with E-state index in [-0.39, 0.29) is 11.5 Å². The van der Waals surface area contributed by atoms with Gasteiger partial charge < -0.3 is 5.11 Å². The van der Waals surface area contributed by atoms with Gasteiger partial charge in [-0.15, -0.1) is 0 Å². The Balaban J connectivity index is 1.54. The van der Waals surface area contributed by atoms with E-state index in [0.717, 1.165) is 30.1 Å². The molecule has 0 aromatic heterocycles. The Morgan fingerprint density at radius 3 is 2.13 bits per heavy atom. The van der Waals surface area contributed by atoms with Crippen LogP contribution in [0.15, 0.2) is 12.2 Å². The molecule has 5 saturated carbocycles. The highest BCUT2D eigenvalue weighted by Gasteiger charge is 2.70. The highest BCUT2D eigenvalue weighted by molar-refractivity contribution is 5.21. The SMILES string of the molecule is C=C(C)[C@@H]1CC[C@]2(C)CC[C@]3(C)[C@H](CC[C@@H]4[C@]5(C)CC[C@@H](O)C(C)(C)[C@@H]5CC[C@]43C)[C@@H]12. The van der Waals surface area contributed by atoms with Crippen LogP contribution in [0.3, 0.4) is 0 Å². The van der Waals surface area contributed by atoms with E-state index in [0.29, 0.717) is 27.6 Å². The van der Waals surface area contributed by atoms with Gasteiger partial charge in [-0.3, -0.25) is 0 Å². The molecule has 0 radical (unpaired) electrons. The topological polar surface area (TPSA) is 20.2 Å². The van der Waals surface area contributed by atoms with Gasteiger partial charge in [-0.1, -0.05) is 53.7 Å². The Hall–Kier alpha value is -0.300. The quantitative estimate of drug-likeness (QED) is 0.421. The van der Waals surface area contributed by atoms with Crippen molar-refractivity contribution in [1.29, 1.82) is 0 Å². The molecule has 10 atom stereocenters. The van der Waals surface area contributed by atoms with Crippen LogP contribution in [0.4, 0.5) is 0 Å². The fraction of sp³-hybridized carbons (Fsp3) is 0.933. The molecule has 1 nitrogen and oxygen atoms in total. The predicted octanol–water partition coefficient (Wildman–Crippen LogP) is 8.02. The molecule has 1 N–H and O–H groups in total. The minimum Gasteiger partial charge on any atom is -0.393 e. The highest BCUT2D eigenvalue weighted by Crippen LogP contribution is 2.77. The third-order valence-corrected chi connectivity index (χ3v) is 13.5. The van der Waals surface area contributed by atoms with Crippen LogP contribution in [0, 0.1) is 56.7 Å². The third-order valence-electron chi connectivity index (χ3n) is 13.5. The maximum absolute atomic E-state index is 10.9. The summed E-state index contributed by atoms with van der Waals surface area (Å²) in [6, 6.07) is 0. The number of aliphatic hydroxyl groups is 1. The van der Waals surface area contributed by atoms with Crippen molar-refractivity contribution >= 4 is 0 Å². The molecular formula is C30H50O. The summed E-state index contributed by atoms with van der Waals surface area (Å²) in [5.74, 6) is 3.98. The van der Waals surface area contributed by atoms with Crippen LogP contribution in [0.25, 0.3) is 0 Å². The van der Waals surface area contributed by atoms with Gasteiger partial charge in [0.1, 0.15) is 0 Å². The van der Waals surface area contributed by atoms with Crippen molar-refractivity contribution in [3.63, 3.8) is 0 Å². The summed E-state index contributed by atoms with van der Waals surface area (Å²) in [4.78, 5) is 0. The molecule has 0 aliphatic heterocycles. The average Bonchev–Trinajstić information content (AvgIpc) is 3.04. The Morgan fingerprint density at radius 2 is 1.45 bits per heavy atom. The molecule has 31 heavy (non-hydrogen) atoms. The molecule has 0 aromatic carbocycles. The van der Waals surface area contributed by atoms with Crippen LogP contribution < -0.4 is 0 Å². The molecule has 0 aromatic rings. The van der Waals surface area contributed by atoms with Crippen LogP contribution in [-0.2, 0) is 0 Å². The Morgan fingerprint density at radius 1 is 0.742 bits per heavy atom. The summed E-state index contributed by atoms with van der Waals surface area (Å²) in [6.07, 6.45) is 13.4. The third kappa shape index (κ3) is 2.65. The summed E-state index contributed by atoms with van der Waals surface area (Å²) < 4.78 is 0. The lowest BCUT2D eigenvalue weighted by Crippen LogP contribution is -2.66. The van der Waals surface area contributed by atoms with Gasteiger partial charge in [-0.25, -0.2) is 0 Å². The first kappa shape index (κ1) is 22.5. The minimum atomic E-state index is -0.118. The van der Waals surface area contributed by atoms with E-state index in [4.69, 9.17) is 0 Å². The summed E-state index contributed by atoms with van der Waals surface area (Å²) in [6.45, 7) is 22.3. The lowest BCUT2D eigenvalue weighted by atomic mass is 9.32. The first-order chi connectivity index (χ1) is 14.3. The Labute approximate surface area is 192 Å². The van der Waals surface area contributed by atoms with Gasteiger partial charge in [-0.2, -0.15) is 0 Å². The van der Waals surface area contributed by atoms with Crippen LogP contribution >= 0.6 is 0 Å². The minimum absolute atomic E-state index is 0.0632. The fourth-order valence-corrected chi connectivity index (χ4v) is 11.5. The van der Waals surface area contributed by atoms with Gasteiger partial charge in [0.05, 0.1) is 6.10 Å². The van der Waals surface area contributed by atoms with E-state index >= 15 is 0 Å². The van der Waals surface area contributed by atoms with Gasteiger partial charge >= 0.3 is 0 Å². The summed E-state index contributed by atoms with van der Waals surface area (Å²) in [5, 5.41) is 10.9. The molecule has 0 bridgehead atoms. The van der Waals surface area contributed by atoms with Crippen LogP contribution in [-0.4, -0.2) is 11.2 Å². The van der Waals surface area contributed by atoms with Crippen molar-refractivity contribution in [3.8, 4) is 0 Å². The molecule has 5 aliphatic carbocycles. The summed E-state index contributed by atoms with van der Waals surface area (Å²) in [7, 11) is 0. The summed E-state index contributed by atoms with van der Waals surface area (Å²) >= 11 is 0. The number of fused-ring (bicyclic) bond motifs is 7. The van der Waals surface area contributed by atoms with Crippen LogP contribution in [0.5, 0.6) is 0 Å². The summed E-state index contributed by atoms with van der Waals surface area (Å²) in [5.41, 5.74) is 3.38. The number of aliphatic hydroxyl groups excluding tert-OH is 1. The van der Waals surface area contributed by atoms with Crippen molar-refractivity contribution < 1.29 is 5.11 Å². The van der Waals surface area contributed by atoms with Crippen LogP contribution in [0.1, 0.15) is 113 Å². The molecular weight excluding hydrogens is 376 g/mol. The zero-order valence-corrected chi connectivity index (χ0v) is 21.7. The molecule has 0 heterocycles. The van der Waals surface area contributed by atoms with Crippen molar-refractivity contribution in [1.82, 2.24) is 0 Å². The average molecular weight is 427 g/mol. The highest BCUT2D eigenvalue weighted by atomic mass is 16.3. The molecule has 0 saturated heterocycles. The molecule has 176 valence electrons. The van der Waals surface area contributed by atoms with Crippen LogP contribution in [0.2, 0.25) is 0 Å². The largest absolute Gasteiger partial charge is 0.393 e. The Kier molecular flexibility index (Phi) is 4.82. The van der Waals surface area contributed by atoms with Gasteiger partial charge in [0.25, 0.3) is 0 Å². The molecule has 1 heteroatoms. The number of hydrogen-bond donors (Lipinski definition) is 1. The van der Waals surface area contributed by atoms with Gasteiger partial charge in [-0.05, 0) is 128 Å². The molecule has 0 unspecified atom stereocenters. The molecule has 0 spiro atoms. The maximum atomic E-state index is 10.9. The number of allylic oxidation sites excluding steroid dienone is 1. The van der Waals surface area contributed by atoms with Crippen molar-refractivity contribution in [2.24, 2.45) is 56.7 Å². The van der Waals surface area contributed by atoms with Crippen molar-refractivity contribution in [2.75, 3.05) is 0 Å². The van der Waals surface area contributed by atoms with E-state index in [1.165, 1.54) is 63.4 Å². The van der Waals surface area contributed by atoms with Crippen molar-refractivity contribution in [2.45, 2.75) is 119 Å². The van der Waals surface area contributed by atoms with Gasteiger partial charge in [0.15, 0.2) is 0 Å². The second-order valence-corrected chi connectivity index (χ2v) is 14.7. The molecule has 5 fully saturated rings. The first-order valence-corrected chi connectivity index (χ1v) is 13.6. The lowest BCUT2D eigenvalue weighted by Gasteiger charge is -2.73. The lowest BCUT2D eigenvalue weighted by molar-refractivity contribution is -0.246. The zero-order valence-electron chi connectivity index (χ0n) is 21.7. The van der Waals surface area contributed by atoms with E-state index in [2.05, 4.69) is 55.0 Å². The Bertz CT molecular complexity index is 766. The number of rotatable bonds is 1. The standard InChI is InChI=1S/C30H50O/c1-19(2)20-11-14-27(5)17-18-29(7)21(25(20)27)9-10-23-28(6)15-13-24(31)26(3,4)22(28)12-16-30(23,29)8/h20-25,31H,1,9-18H2,2-8H3/t20-,21+,22-,23+,24+,25+,27+,28+,29+,30+/m0/s1. The normalized spacial score (nSPS) is 57.9. The van der Waals surface area contributed by atoms with E-state index in [9.17, 15) is 5.11 Å². The van der Waals surface area contributed by atoms with Gasteiger partial charge in [0.2, 0.25) is 0 Å². The number of hydrogen-bond acceptors (Lipinski definition) is 1. The predicted molar refractivity (Wildman–Crippen MR) is 131 cm³/mol. The molecule has 0 amide bonds. The van der Waals surface area contributed by atoms with E-state index < -0.39 is 0 Å². The van der Waals surface area contributed by atoms with E-state index in [1.807, 2.05) is 0 Å². The first-order valence-electron chi connectivity index (χ1n) is 13.6.